The van der Waals surface area contributed by atoms with Crippen LogP contribution < -0.4 is 10.1 Å². The molecule has 0 saturated heterocycles. The maximum absolute atomic E-state index is 5.11. The lowest BCUT2D eigenvalue weighted by atomic mass is 9.96. The minimum Gasteiger partial charge on any atom is -0.481 e. The van der Waals surface area contributed by atoms with Crippen LogP contribution in [0.3, 0.4) is 0 Å². The molecule has 1 N–H and O–H groups in total. The van der Waals surface area contributed by atoms with Crippen molar-refractivity contribution in [3.8, 4) is 5.88 Å². The Morgan fingerprint density at radius 1 is 1.33 bits per heavy atom. The van der Waals surface area contributed by atoms with E-state index in [2.05, 4.69) is 33.9 Å². The lowest BCUT2D eigenvalue weighted by molar-refractivity contribution is 0.370. The molecule has 0 bridgehead atoms. The Morgan fingerprint density at radius 2 is 2.19 bits per heavy atom. The van der Waals surface area contributed by atoms with Crippen molar-refractivity contribution in [3.63, 3.8) is 0 Å². The van der Waals surface area contributed by atoms with E-state index in [1.165, 1.54) is 36.1 Å². The highest BCUT2D eigenvalue weighted by atomic mass is 32.1. The minimum absolute atomic E-state index is 0.481. The lowest BCUT2D eigenvalue weighted by Crippen LogP contribution is -2.26. The molecule has 1 atom stereocenters. The molecule has 1 unspecified atom stereocenters. The van der Waals surface area contributed by atoms with Gasteiger partial charge in [0, 0.05) is 29.7 Å². The zero-order chi connectivity index (χ0) is 14.5. The molecule has 3 rings (SSSR count). The minimum atomic E-state index is 0.481. The molecule has 2 aromatic heterocycles. The van der Waals surface area contributed by atoms with E-state index in [9.17, 15) is 0 Å². The van der Waals surface area contributed by atoms with Crippen LogP contribution in [0, 0.1) is 5.92 Å². The summed E-state index contributed by atoms with van der Waals surface area (Å²) in [5, 5.41) is 5.92. The SMILES string of the molecule is COc1ccc(CNC(c2cccs2)C2CCCC2)cn1. The normalized spacial score (nSPS) is 17.0. The molecule has 2 aromatic rings. The van der Waals surface area contributed by atoms with Gasteiger partial charge >= 0.3 is 0 Å². The Bertz CT molecular complexity index is 532. The van der Waals surface area contributed by atoms with E-state index in [1.807, 2.05) is 23.6 Å². The molecule has 0 aliphatic heterocycles. The fourth-order valence-electron chi connectivity index (χ4n) is 3.12. The van der Waals surface area contributed by atoms with Crippen LogP contribution in [0.1, 0.15) is 42.2 Å². The predicted octanol–water partition coefficient (Wildman–Crippen LogP) is 4.17. The van der Waals surface area contributed by atoms with Gasteiger partial charge in [-0.1, -0.05) is 25.0 Å². The summed E-state index contributed by atoms with van der Waals surface area (Å²) in [7, 11) is 1.65. The fourth-order valence-corrected chi connectivity index (χ4v) is 4.02. The van der Waals surface area contributed by atoms with Crippen molar-refractivity contribution in [3.05, 3.63) is 46.3 Å². The standard InChI is InChI=1S/C17H22N2OS/c1-20-16-9-8-13(11-18-16)12-19-17(14-5-2-3-6-14)15-7-4-10-21-15/h4,7-11,14,17,19H,2-3,5-6,12H2,1H3. The van der Waals surface area contributed by atoms with Crippen molar-refractivity contribution < 1.29 is 4.74 Å². The first-order valence-corrected chi connectivity index (χ1v) is 8.50. The average Bonchev–Trinajstić information content (AvgIpc) is 3.22. The summed E-state index contributed by atoms with van der Waals surface area (Å²) in [6.07, 6.45) is 7.33. The van der Waals surface area contributed by atoms with Crippen LogP contribution in [-0.4, -0.2) is 12.1 Å². The Balaban J connectivity index is 1.66. The fraction of sp³-hybridized carbons (Fsp3) is 0.471. The molecule has 1 aliphatic rings. The van der Waals surface area contributed by atoms with Gasteiger partial charge in [0.25, 0.3) is 0 Å². The maximum atomic E-state index is 5.11. The summed E-state index contributed by atoms with van der Waals surface area (Å²) in [4.78, 5) is 5.74. The number of aromatic nitrogens is 1. The number of thiophene rings is 1. The van der Waals surface area contributed by atoms with Crippen molar-refractivity contribution in [1.29, 1.82) is 0 Å². The molecule has 2 heterocycles. The molecule has 1 aliphatic carbocycles. The third-order valence-corrected chi connectivity index (χ3v) is 5.21. The molecule has 0 aromatic carbocycles. The van der Waals surface area contributed by atoms with Crippen LogP contribution in [-0.2, 0) is 6.54 Å². The number of hydrogen-bond acceptors (Lipinski definition) is 4. The monoisotopic (exact) mass is 302 g/mol. The molecule has 3 nitrogen and oxygen atoms in total. The van der Waals surface area contributed by atoms with Gasteiger partial charge in [-0.25, -0.2) is 4.98 Å². The molecule has 112 valence electrons. The van der Waals surface area contributed by atoms with Gasteiger partial charge in [-0.15, -0.1) is 11.3 Å². The second-order valence-electron chi connectivity index (χ2n) is 5.63. The Morgan fingerprint density at radius 3 is 2.81 bits per heavy atom. The smallest absolute Gasteiger partial charge is 0.212 e. The maximum Gasteiger partial charge on any atom is 0.212 e. The second-order valence-corrected chi connectivity index (χ2v) is 6.61. The third-order valence-electron chi connectivity index (χ3n) is 4.25. The van der Waals surface area contributed by atoms with Crippen molar-refractivity contribution in [2.75, 3.05) is 7.11 Å². The average molecular weight is 302 g/mol. The van der Waals surface area contributed by atoms with E-state index in [0.29, 0.717) is 11.9 Å². The van der Waals surface area contributed by atoms with Crippen molar-refractivity contribution in [2.45, 2.75) is 38.3 Å². The van der Waals surface area contributed by atoms with E-state index in [-0.39, 0.29) is 0 Å². The lowest BCUT2D eigenvalue weighted by Gasteiger charge is -2.24. The van der Waals surface area contributed by atoms with Crippen molar-refractivity contribution in [1.82, 2.24) is 10.3 Å². The summed E-state index contributed by atoms with van der Waals surface area (Å²) in [5.74, 6) is 1.44. The Labute approximate surface area is 130 Å². The van der Waals surface area contributed by atoms with Crippen molar-refractivity contribution >= 4 is 11.3 Å². The molecule has 1 fully saturated rings. The summed E-state index contributed by atoms with van der Waals surface area (Å²) in [6.45, 7) is 0.857. The molecule has 0 amide bonds. The Hall–Kier alpha value is -1.39. The molecule has 0 spiro atoms. The molecule has 4 heteroatoms. The first-order valence-electron chi connectivity index (χ1n) is 7.62. The summed E-state index contributed by atoms with van der Waals surface area (Å²) in [5.41, 5.74) is 1.20. The van der Waals surface area contributed by atoms with Crippen LogP contribution in [0.15, 0.2) is 35.8 Å². The topological polar surface area (TPSA) is 34.1 Å². The molecule has 21 heavy (non-hydrogen) atoms. The van der Waals surface area contributed by atoms with Gasteiger partial charge in [0.1, 0.15) is 0 Å². The number of nitrogens with zero attached hydrogens (tertiary/aromatic N) is 1. The van der Waals surface area contributed by atoms with Crippen LogP contribution in [0.25, 0.3) is 0 Å². The zero-order valence-corrected chi connectivity index (χ0v) is 13.2. The number of nitrogens with one attached hydrogen (secondary N) is 1. The van der Waals surface area contributed by atoms with Gasteiger partial charge in [-0.05, 0) is 35.8 Å². The number of hydrogen-bond donors (Lipinski definition) is 1. The number of ether oxygens (including phenoxy) is 1. The highest BCUT2D eigenvalue weighted by Gasteiger charge is 2.26. The van der Waals surface area contributed by atoms with Crippen LogP contribution >= 0.6 is 11.3 Å². The van der Waals surface area contributed by atoms with Gasteiger partial charge in [-0.3, -0.25) is 0 Å². The zero-order valence-electron chi connectivity index (χ0n) is 12.4. The predicted molar refractivity (Wildman–Crippen MR) is 86.6 cm³/mol. The van der Waals surface area contributed by atoms with Gasteiger partial charge in [0.15, 0.2) is 0 Å². The van der Waals surface area contributed by atoms with Gasteiger partial charge in [0.2, 0.25) is 5.88 Å². The highest BCUT2D eigenvalue weighted by molar-refractivity contribution is 7.10. The number of pyridine rings is 1. The quantitative estimate of drug-likeness (QED) is 0.869. The van der Waals surface area contributed by atoms with Gasteiger partial charge in [0.05, 0.1) is 7.11 Å². The van der Waals surface area contributed by atoms with E-state index in [0.717, 1.165) is 12.5 Å². The second kappa shape index (κ2) is 7.05. The third kappa shape index (κ3) is 3.63. The molecule has 1 saturated carbocycles. The van der Waals surface area contributed by atoms with Crippen LogP contribution in [0.5, 0.6) is 5.88 Å². The molecule has 0 radical (unpaired) electrons. The highest BCUT2D eigenvalue weighted by Crippen LogP contribution is 2.37. The van der Waals surface area contributed by atoms with Crippen LogP contribution in [0.2, 0.25) is 0 Å². The molecular weight excluding hydrogens is 280 g/mol. The van der Waals surface area contributed by atoms with Crippen molar-refractivity contribution in [2.24, 2.45) is 5.92 Å². The number of rotatable bonds is 6. The van der Waals surface area contributed by atoms with E-state index < -0.39 is 0 Å². The first kappa shape index (κ1) is 14.5. The largest absolute Gasteiger partial charge is 0.481 e. The van der Waals surface area contributed by atoms with Gasteiger partial charge < -0.3 is 10.1 Å². The summed E-state index contributed by atoms with van der Waals surface area (Å²) < 4.78 is 5.11. The first-order chi connectivity index (χ1) is 10.4. The van der Waals surface area contributed by atoms with E-state index >= 15 is 0 Å². The van der Waals surface area contributed by atoms with E-state index in [4.69, 9.17) is 4.74 Å². The summed E-state index contributed by atoms with van der Waals surface area (Å²) in [6, 6.07) is 8.89. The summed E-state index contributed by atoms with van der Waals surface area (Å²) >= 11 is 1.86. The molecular formula is C17H22N2OS. The van der Waals surface area contributed by atoms with E-state index in [1.54, 1.807) is 7.11 Å². The number of methoxy groups -OCH3 is 1. The van der Waals surface area contributed by atoms with Gasteiger partial charge in [-0.2, -0.15) is 0 Å². The van der Waals surface area contributed by atoms with Crippen LogP contribution in [0.4, 0.5) is 0 Å². The Kier molecular flexibility index (Phi) is 4.88.